The Bertz CT molecular complexity index is 785. The molecule has 1 N–H and O–H groups in total. The van der Waals surface area contributed by atoms with E-state index in [-0.39, 0.29) is 5.56 Å². The van der Waals surface area contributed by atoms with Crippen LogP contribution in [-0.4, -0.2) is 60.9 Å². The van der Waals surface area contributed by atoms with Crippen LogP contribution in [0, 0.1) is 0 Å². The lowest BCUT2D eigenvalue weighted by molar-refractivity contribution is 0.144. The monoisotopic (exact) mass is 421 g/mol. The van der Waals surface area contributed by atoms with Crippen molar-refractivity contribution >= 4 is 33.1 Å². The lowest BCUT2D eigenvalue weighted by Crippen LogP contribution is -2.47. The first-order chi connectivity index (χ1) is 12.6. The van der Waals surface area contributed by atoms with Crippen LogP contribution < -0.4 is 15.8 Å². The van der Waals surface area contributed by atoms with Crippen LogP contribution in [0.3, 0.4) is 0 Å². The number of nitrogens with one attached hydrogen (secondary N) is 1. The third-order valence-corrected chi connectivity index (χ3v) is 4.94. The molecule has 1 aliphatic rings. The highest BCUT2D eigenvalue weighted by molar-refractivity contribution is 9.10. The number of methoxy groups -OCH3 is 1. The predicted molar refractivity (Wildman–Crippen MR) is 107 cm³/mol. The molecule has 0 spiro atoms. The molecule has 0 amide bonds. The van der Waals surface area contributed by atoms with Crippen LogP contribution in [0.5, 0.6) is 0 Å². The zero-order valence-corrected chi connectivity index (χ0v) is 16.7. The first kappa shape index (κ1) is 18.9. The van der Waals surface area contributed by atoms with E-state index in [0.29, 0.717) is 11.5 Å². The topological polar surface area (TPSA) is 62.6 Å². The summed E-state index contributed by atoms with van der Waals surface area (Å²) in [5.41, 5.74) is 1.50. The molecule has 2 aromatic heterocycles. The molecular formula is C18H24BrN5O2. The second-order valence-corrected chi connectivity index (χ2v) is 7.25. The molecular weight excluding hydrogens is 398 g/mol. The Labute approximate surface area is 161 Å². The SMILES string of the molecule is COCCN1CCN(c2ccc(Nc3cc(Br)cn(C)c3=O)nc2)CC1. The maximum Gasteiger partial charge on any atom is 0.274 e. The molecule has 8 heteroatoms. The minimum absolute atomic E-state index is 0.0914. The Morgan fingerprint density at radius 3 is 2.69 bits per heavy atom. The van der Waals surface area contributed by atoms with Crippen molar-refractivity contribution in [2.45, 2.75) is 0 Å². The quantitative estimate of drug-likeness (QED) is 0.769. The van der Waals surface area contributed by atoms with Crippen molar-refractivity contribution in [2.75, 3.05) is 56.7 Å². The number of pyridine rings is 2. The number of aromatic nitrogens is 2. The second-order valence-electron chi connectivity index (χ2n) is 6.34. The van der Waals surface area contributed by atoms with E-state index in [2.05, 4.69) is 36.0 Å². The van der Waals surface area contributed by atoms with Gasteiger partial charge in [-0.15, -0.1) is 0 Å². The van der Waals surface area contributed by atoms with Gasteiger partial charge in [-0.05, 0) is 34.1 Å². The average Bonchev–Trinajstić information content (AvgIpc) is 2.65. The van der Waals surface area contributed by atoms with Crippen molar-refractivity contribution in [1.82, 2.24) is 14.5 Å². The number of hydrogen-bond acceptors (Lipinski definition) is 6. The van der Waals surface area contributed by atoms with Crippen molar-refractivity contribution < 1.29 is 4.74 Å². The van der Waals surface area contributed by atoms with E-state index in [0.717, 1.165) is 49.5 Å². The molecule has 2 aromatic rings. The first-order valence-corrected chi connectivity index (χ1v) is 9.41. The van der Waals surface area contributed by atoms with Gasteiger partial charge in [0.05, 0.1) is 18.5 Å². The van der Waals surface area contributed by atoms with E-state index in [1.165, 1.54) is 4.57 Å². The minimum atomic E-state index is -0.0914. The van der Waals surface area contributed by atoms with Gasteiger partial charge in [0.2, 0.25) is 0 Å². The maximum atomic E-state index is 12.2. The summed E-state index contributed by atoms with van der Waals surface area (Å²) in [5, 5.41) is 3.10. The van der Waals surface area contributed by atoms with Crippen LogP contribution in [0.15, 0.2) is 39.9 Å². The Balaban J connectivity index is 1.62. The summed E-state index contributed by atoms with van der Waals surface area (Å²) >= 11 is 3.41. The minimum Gasteiger partial charge on any atom is -0.383 e. The highest BCUT2D eigenvalue weighted by Gasteiger charge is 2.17. The molecule has 3 rings (SSSR count). The second kappa shape index (κ2) is 8.66. The van der Waals surface area contributed by atoms with E-state index >= 15 is 0 Å². The Morgan fingerprint density at radius 2 is 2.04 bits per heavy atom. The van der Waals surface area contributed by atoms with Crippen LogP contribution in [0.2, 0.25) is 0 Å². The van der Waals surface area contributed by atoms with Crippen molar-refractivity contribution in [3.05, 3.63) is 45.4 Å². The van der Waals surface area contributed by atoms with Gasteiger partial charge in [-0.3, -0.25) is 9.69 Å². The fraction of sp³-hybridized carbons (Fsp3) is 0.444. The Hall–Kier alpha value is -1.90. The lowest BCUT2D eigenvalue weighted by atomic mass is 10.2. The number of rotatable bonds is 6. The van der Waals surface area contributed by atoms with E-state index in [1.807, 2.05) is 18.3 Å². The molecule has 0 radical (unpaired) electrons. The number of aryl methyl sites for hydroxylation is 1. The van der Waals surface area contributed by atoms with Gasteiger partial charge in [0, 0.05) is 57.6 Å². The first-order valence-electron chi connectivity index (χ1n) is 8.62. The third kappa shape index (κ3) is 4.63. The molecule has 1 saturated heterocycles. The summed E-state index contributed by atoms with van der Waals surface area (Å²) in [6, 6.07) is 5.72. The smallest absolute Gasteiger partial charge is 0.274 e. The third-order valence-electron chi connectivity index (χ3n) is 4.51. The molecule has 0 bridgehead atoms. The van der Waals surface area contributed by atoms with Crippen molar-refractivity contribution in [2.24, 2.45) is 7.05 Å². The van der Waals surface area contributed by atoms with Crippen LogP contribution in [-0.2, 0) is 11.8 Å². The lowest BCUT2D eigenvalue weighted by Gasteiger charge is -2.35. The van der Waals surface area contributed by atoms with E-state index < -0.39 is 0 Å². The van der Waals surface area contributed by atoms with Crippen LogP contribution >= 0.6 is 15.9 Å². The van der Waals surface area contributed by atoms with Gasteiger partial charge >= 0.3 is 0 Å². The van der Waals surface area contributed by atoms with Gasteiger partial charge in [0.1, 0.15) is 11.5 Å². The largest absolute Gasteiger partial charge is 0.383 e. The molecule has 26 heavy (non-hydrogen) atoms. The molecule has 0 aliphatic carbocycles. The summed E-state index contributed by atoms with van der Waals surface area (Å²) in [4.78, 5) is 21.4. The Morgan fingerprint density at radius 1 is 1.27 bits per heavy atom. The number of nitrogens with zero attached hydrogens (tertiary/aromatic N) is 4. The van der Waals surface area contributed by atoms with Gasteiger partial charge in [0.25, 0.3) is 5.56 Å². The summed E-state index contributed by atoms with van der Waals surface area (Å²) in [6.45, 7) is 5.76. The summed E-state index contributed by atoms with van der Waals surface area (Å²) < 4.78 is 7.51. The fourth-order valence-electron chi connectivity index (χ4n) is 3.00. The highest BCUT2D eigenvalue weighted by atomic mass is 79.9. The van der Waals surface area contributed by atoms with Gasteiger partial charge < -0.3 is 19.5 Å². The van der Waals surface area contributed by atoms with E-state index in [9.17, 15) is 4.79 Å². The van der Waals surface area contributed by atoms with Gasteiger partial charge in [-0.25, -0.2) is 4.98 Å². The normalized spacial score (nSPS) is 15.3. The summed E-state index contributed by atoms with van der Waals surface area (Å²) in [6.07, 6.45) is 3.59. The number of piperazine rings is 1. The molecule has 3 heterocycles. The molecule has 7 nitrogen and oxygen atoms in total. The van der Waals surface area contributed by atoms with Crippen LogP contribution in [0.1, 0.15) is 0 Å². The molecule has 140 valence electrons. The number of anilines is 3. The molecule has 0 atom stereocenters. The maximum absolute atomic E-state index is 12.2. The zero-order chi connectivity index (χ0) is 18.5. The van der Waals surface area contributed by atoms with Crippen molar-refractivity contribution in [3.63, 3.8) is 0 Å². The van der Waals surface area contributed by atoms with Crippen LogP contribution in [0.25, 0.3) is 0 Å². The molecule has 1 fully saturated rings. The van der Waals surface area contributed by atoms with E-state index in [4.69, 9.17) is 4.74 Å². The van der Waals surface area contributed by atoms with Crippen LogP contribution in [0.4, 0.5) is 17.2 Å². The summed E-state index contributed by atoms with van der Waals surface area (Å²) in [5.74, 6) is 0.655. The fourth-order valence-corrected chi connectivity index (χ4v) is 3.53. The average molecular weight is 422 g/mol. The Kier molecular flexibility index (Phi) is 6.29. The predicted octanol–water partition coefficient (Wildman–Crippen LogP) is 2.05. The molecule has 1 aliphatic heterocycles. The summed E-state index contributed by atoms with van der Waals surface area (Å²) in [7, 11) is 3.46. The molecule has 0 saturated carbocycles. The van der Waals surface area contributed by atoms with Gasteiger partial charge in [-0.2, -0.15) is 0 Å². The van der Waals surface area contributed by atoms with Gasteiger partial charge in [-0.1, -0.05) is 0 Å². The standard InChI is InChI=1S/C18H24BrN5O2/c1-22-13-14(19)11-16(18(22)25)21-17-4-3-15(12-20-17)24-7-5-23(6-8-24)9-10-26-2/h3-4,11-13H,5-10H2,1-2H3,(H,20,21). The van der Waals surface area contributed by atoms with Crippen molar-refractivity contribution in [3.8, 4) is 0 Å². The van der Waals surface area contributed by atoms with E-state index in [1.54, 1.807) is 26.4 Å². The number of hydrogen-bond donors (Lipinski definition) is 1. The number of halogens is 1. The van der Waals surface area contributed by atoms with Gasteiger partial charge in [0.15, 0.2) is 0 Å². The molecule has 0 unspecified atom stereocenters. The van der Waals surface area contributed by atoms with Crippen molar-refractivity contribution in [1.29, 1.82) is 0 Å². The highest BCUT2D eigenvalue weighted by Crippen LogP contribution is 2.20. The number of ether oxygens (including phenoxy) is 1. The molecule has 0 aromatic carbocycles. The zero-order valence-electron chi connectivity index (χ0n) is 15.1.